The van der Waals surface area contributed by atoms with Gasteiger partial charge in [-0.2, -0.15) is 137 Å². The summed E-state index contributed by atoms with van der Waals surface area (Å²) in [6, 6.07) is 21.6. The van der Waals surface area contributed by atoms with Crippen LogP contribution in [0.1, 0.15) is 61.2 Å². The topological polar surface area (TPSA) is 33.6 Å². The van der Waals surface area contributed by atoms with Crippen LogP contribution in [0.2, 0.25) is 0 Å². The largest absolute Gasteiger partial charge is 0.416 e. The molecule has 33 heteroatoms. The molecule has 13 rings (SSSR count). The molecular weight excluding hydrogens is 1540 g/mol. The maximum atomic E-state index is 14.8. The van der Waals surface area contributed by atoms with Crippen LogP contribution in [0.25, 0.3) is 122 Å². The Morgan fingerprint density at radius 2 is 0.373 bits per heavy atom. The van der Waals surface area contributed by atoms with E-state index < -0.39 is 179 Å². The molecule has 0 fully saturated rings. The van der Waals surface area contributed by atoms with E-state index in [-0.39, 0.29) is 133 Å². The van der Waals surface area contributed by atoms with Gasteiger partial charge in [-0.05, 0) is 213 Å². The molecule has 0 aliphatic heterocycles. The molecule has 0 spiro atoms. The molecule has 3 nitrogen and oxygen atoms in total. The quantitative estimate of drug-likeness (QED) is 0.140. The van der Waals surface area contributed by atoms with Crippen molar-refractivity contribution in [2.24, 2.45) is 0 Å². The lowest BCUT2D eigenvalue weighted by Crippen LogP contribution is -2.11. The Hall–Kier alpha value is -11.6. The van der Waals surface area contributed by atoms with Crippen LogP contribution in [-0.4, -0.2) is 9.13 Å². The first-order valence-electron chi connectivity index (χ1n) is 31.1. The van der Waals surface area contributed by atoms with Crippen LogP contribution < -0.4 is 0 Å². The van der Waals surface area contributed by atoms with E-state index in [0.29, 0.717) is 24.3 Å². The highest BCUT2D eigenvalue weighted by atomic mass is 19.4. The molecule has 11 aromatic carbocycles. The number of fused-ring (bicyclic) bond motifs is 6. The average molecular weight is 1570 g/mol. The summed E-state index contributed by atoms with van der Waals surface area (Å²) in [5.74, 6) is 0. The maximum Gasteiger partial charge on any atom is 0.416 e. The van der Waals surface area contributed by atoms with E-state index in [1.54, 1.807) is 0 Å². The monoisotopic (exact) mass is 1570 g/mol. The standard InChI is InChI=1S/C77H33F30N3/c78-68(79,80)46-14-41(15-47(29-46)69(81,82)83)36-3-9-62-58(24-36)59-25-37(42-16-48(70(84,85)86)30-49(17-42)71(87,88)89)4-10-63(59)109(62)66-13-35(34-108)1-7-56(66)57-8-2-40(45-22-54(76(102,103)104)33-55(23-45)77(105,106)107)28-67(57)110-64-11-5-38(43-18-50(72(90,91)92)31-51(19-43)73(93,94)95)26-60(64)61-27-39(6-12-65(61)110)44-20-52(74(96,97)98)32-53(21-44)75(99,100)101/h1-33H. The highest BCUT2D eigenvalue weighted by molar-refractivity contribution is 6.14. The molecule has 0 amide bonds. The Morgan fingerprint density at radius 3 is 0.573 bits per heavy atom. The second-order valence-electron chi connectivity index (χ2n) is 25.1. The van der Waals surface area contributed by atoms with Gasteiger partial charge < -0.3 is 9.13 Å². The molecule has 0 unspecified atom stereocenters. The van der Waals surface area contributed by atoms with Crippen molar-refractivity contribution >= 4 is 43.6 Å². The summed E-state index contributed by atoms with van der Waals surface area (Å²) in [5.41, 5.74) is -28.1. The van der Waals surface area contributed by atoms with Gasteiger partial charge in [0.15, 0.2) is 0 Å². The van der Waals surface area contributed by atoms with Crippen molar-refractivity contribution < 1.29 is 132 Å². The van der Waals surface area contributed by atoms with Gasteiger partial charge in [-0.1, -0.05) is 42.5 Å². The molecular formula is C77H33F30N3. The summed E-state index contributed by atoms with van der Waals surface area (Å²) in [7, 11) is 0. The zero-order valence-electron chi connectivity index (χ0n) is 53.7. The molecule has 566 valence electrons. The Balaban J connectivity index is 1.16. The summed E-state index contributed by atoms with van der Waals surface area (Å²) in [6.07, 6.45) is -54.9. The van der Waals surface area contributed by atoms with Crippen LogP contribution in [0, 0.1) is 11.3 Å². The first kappa shape index (κ1) is 76.6. The van der Waals surface area contributed by atoms with Crippen molar-refractivity contribution in [3.05, 3.63) is 261 Å². The molecule has 0 N–H and O–H groups in total. The van der Waals surface area contributed by atoms with Crippen LogP contribution in [0.3, 0.4) is 0 Å². The molecule has 0 saturated carbocycles. The SMILES string of the molecule is N#Cc1ccc(-c2ccc(-c3cc(C(F)(F)F)cc(C(F)(F)F)c3)cc2-n2c3ccc(-c4cc(C(F)(F)F)cc(C(F)(F)F)c4)cc3c3cc(-c4cc(C(F)(F)F)cc(C(F)(F)F)c4)ccc32)c(-n2c3ccc(-c4cc(C(F)(F)F)cc(C(F)(F)F)c4)cc3c3cc(-c4cc(C(F)(F)F)cc(C(F)(F)F)c4)ccc32)c1. The van der Waals surface area contributed by atoms with Gasteiger partial charge in [0.2, 0.25) is 0 Å². The van der Waals surface area contributed by atoms with E-state index >= 15 is 0 Å². The van der Waals surface area contributed by atoms with E-state index in [9.17, 15) is 137 Å². The Kier molecular flexibility index (Phi) is 18.0. The van der Waals surface area contributed by atoms with Gasteiger partial charge in [0, 0.05) is 32.7 Å². The zero-order valence-corrected chi connectivity index (χ0v) is 53.7. The molecule has 0 bridgehead atoms. The van der Waals surface area contributed by atoms with Crippen molar-refractivity contribution in [2.45, 2.75) is 61.8 Å². The Bertz CT molecular complexity index is 5520. The number of rotatable bonds is 8. The molecule has 0 aliphatic rings. The van der Waals surface area contributed by atoms with Gasteiger partial charge in [-0.3, -0.25) is 0 Å². The minimum absolute atomic E-state index is 0.213. The number of benzene rings is 11. The van der Waals surface area contributed by atoms with Crippen LogP contribution in [-0.2, 0) is 61.8 Å². The van der Waals surface area contributed by atoms with E-state index in [4.69, 9.17) is 0 Å². The van der Waals surface area contributed by atoms with Gasteiger partial charge in [0.25, 0.3) is 0 Å². The average Bonchev–Trinajstić information content (AvgIpc) is 1.56. The normalized spacial score (nSPS) is 13.4. The minimum Gasteiger partial charge on any atom is -0.309 e. The number of alkyl halides is 30. The third-order valence-electron chi connectivity index (χ3n) is 18.0. The number of hydrogen-bond acceptors (Lipinski definition) is 1. The second kappa shape index (κ2) is 25.8. The summed E-state index contributed by atoms with van der Waals surface area (Å²) in [4.78, 5) is 0. The molecule has 110 heavy (non-hydrogen) atoms. The Labute approximate surface area is 595 Å². The van der Waals surface area contributed by atoms with Gasteiger partial charge in [-0.15, -0.1) is 0 Å². The molecule has 13 aromatic rings. The lowest BCUT2D eigenvalue weighted by atomic mass is 9.94. The van der Waals surface area contributed by atoms with Crippen LogP contribution in [0.15, 0.2) is 200 Å². The highest BCUT2D eigenvalue weighted by Crippen LogP contribution is 2.51. The molecule has 0 atom stereocenters. The van der Waals surface area contributed by atoms with Gasteiger partial charge in [0.05, 0.1) is 101 Å². The first-order valence-corrected chi connectivity index (χ1v) is 31.1. The van der Waals surface area contributed by atoms with E-state index in [1.165, 1.54) is 4.57 Å². The fraction of sp³-hybridized carbons (Fsp3) is 0.130. The summed E-state index contributed by atoms with van der Waals surface area (Å²) >= 11 is 0. The molecule has 0 radical (unpaired) electrons. The highest BCUT2D eigenvalue weighted by Gasteiger charge is 2.43. The third-order valence-corrected chi connectivity index (χ3v) is 18.0. The fourth-order valence-corrected chi connectivity index (χ4v) is 13.0. The summed E-state index contributed by atoms with van der Waals surface area (Å²) in [6.45, 7) is 0. The van der Waals surface area contributed by atoms with Gasteiger partial charge in [-0.25, -0.2) is 0 Å². The van der Waals surface area contributed by atoms with Crippen molar-refractivity contribution in [2.75, 3.05) is 0 Å². The number of halogens is 30. The maximum absolute atomic E-state index is 14.8. The third kappa shape index (κ3) is 14.7. The van der Waals surface area contributed by atoms with Crippen molar-refractivity contribution in [3.8, 4) is 84.2 Å². The van der Waals surface area contributed by atoms with E-state index in [2.05, 4.69) is 0 Å². The van der Waals surface area contributed by atoms with Crippen molar-refractivity contribution in [1.29, 1.82) is 5.26 Å². The molecule has 2 aromatic heterocycles. The minimum atomic E-state index is -5.54. The second-order valence-corrected chi connectivity index (χ2v) is 25.1. The van der Waals surface area contributed by atoms with Crippen LogP contribution in [0.5, 0.6) is 0 Å². The van der Waals surface area contributed by atoms with Gasteiger partial charge in [0.1, 0.15) is 0 Å². The number of nitriles is 1. The number of aromatic nitrogens is 2. The first-order chi connectivity index (χ1) is 50.7. The zero-order chi connectivity index (χ0) is 80.2. The predicted molar refractivity (Wildman–Crippen MR) is 342 cm³/mol. The lowest BCUT2D eigenvalue weighted by Gasteiger charge is -2.21. The Morgan fingerprint density at radius 1 is 0.191 bits per heavy atom. The lowest BCUT2D eigenvalue weighted by molar-refractivity contribution is -0.144. The summed E-state index contributed by atoms with van der Waals surface area (Å²) in [5, 5.41) is 9.29. The van der Waals surface area contributed by atoms with Crippen molar-refractivity contribution in [1.82, 2.24) is 9.13 Å². The summed E-state index contributed by atoms with van der Waals surface area (Å²) < 4.78 is 438. The fourth-order valence-electron chi connectivity index (χ4n) is 13.0. The molecule has 0 aliphatic carbocycles. The van der Waals surface area contributed by atoms with Gasteiger partial charge >= 0.3 is 61.8 Å². The molecule has 2 heterocycles. The van der Waals surface area contributed by atoms with Crippen LogP contribution in [0.4, 0.5) is 132 Å². The molecule has 0 saturated heterocycles. The van der Waals surface area contributed by atoms with Crippen molar-refractivity contribution in [3.63, 3.8) is 0 Å². The van der Waals surface area contributed by atoms with E-state index in [0.717, 1.165) is 114 Å². The number of hydrogen-bond donors (Lipinski definition) is 0. The van der Waals surface area contributed by atoms with E-state index in [1.807, 2.05) is 6.07 Å². The predicted octanol–water partition coefficient (Wildman–Crippen LogP) is 27.9. The van der Waals surface area contributed by atoms with Crippen LogP contribution >= 0.6 is 0 Å². The smallest absolute Gasteiger partial charge is 0.309 e. The number of nitrogens with zero attached hydrogens (tertiary/aromatic N) is 3.